The Morgan fingerprint density at radius 1 is 1.10 bits per heavy atom. The minimum Gasteiger partial charge on any atom is -0.383 e. The fourth-order valence-corrected chi connectivity index (χ4v) is 4.95. The summed E-state index contributed by atoms with van der Waals surface area (Å²) in [6.45, 7) is 0.185. The lowest BCUT2D eigenvalue weighted by Gasteiger charge is -2.29. The number of fused-ring (bicyclic) bond motifs is 1. The third kappa shape index (κ3) is 5.44. The molecule has 0 radical (unpaired) electrons. The number of aliphatic hydroxyl groups is 1. The van der Waals surface area contributed by atoms with Gasteiger partial charge in [-0.15, -0.1) is 0 Å². The first-order valence-corrected chi connectivity index (χ1v) is 12.9. The minimum absolute atomic E-state index is 0.00465. The lowest BCUT2D eigenvalue weighted by molar-refractivity contribution is -0.155. The number of hydrogen-bond acceptors (Lipinski definition) is 5. The molecule has 14 heteroatoms. The van der Waals surface area contributed by atoms with Crippen LogP contribution >= 0.6 is 11.6 Å². The van der Waals surface area contributed by atoms with Gasteiger partial charge in [-0.25, -0.2) is 13.8 Å². The van der Waals surface area contributed by atoms with Gasteiger partial charge >= 0.3 is 6.18 Å². The number of nitrogens with zero attached hydrogens (tertiary/aromatic N) is 3. The maximum Gasteiger partial charge on any atom is 0.412 e. The monoisotopic (exact) mass is 606 g/mol. The van der Waals surface area contributed by atoms with Crippen molar-refractivity contribution in [3.05, 3.63) is 98.8 Å². The Morgan fingerprint density at radius 3 is 2.52 bits per heavy atom. The second-order valence-electron chi connectivity index (χ2n) is 9.50. The molecule has 4 aromatic rings. The Morgan fingerprint density at radius 2 is 1.83 bits per heavy atom. The average molecular weight is 607 g/mol. The molecule has 2 N–H and O–H groups in total. The van der Waals surface area contributed by atoms with E-state index in [-0.39, 0.29) is 40.5 Å². The third-order valence-electron chi connectivity index (χ3n) is 6.76. The first kappa shape index (κ1) is 29.1. The first-order chi connectivity index (χ1) is 19.9. The van der Waals surface area contributed by atoms with Crippen molar-refractivity contribution in [1.29, 1.82) is 0 Å². The molecule has 2 aromatic heterocycles. The minimum atomic E-state index is -5.01. The van der Waals surface area contributed by atoms with E-state index in [1.807, 2.05) is 0 Å². The predicted molar refractivity (Wildman–Crippen MR) is 143 cm³/mol. The lowest BCUT2D eigenvalue weighted by Crippen LogP contribution is -2.44. The van der Waals surface area contributed by atoms with Crippen molar-refractivity contribution in [2.75, 3.05) is 11.4 Å². The highest BCUT2D eigenvalue weighted by Crippen LogP contribution is 2.36. The summed E-state index contributed by atoms with van der Waals surface area (Å²) in [5.41, 5.74) is -2.96. The Balaban J connectivity index is 1.68. The SMILES string of the molecule is O=C(NC(c1ccccc1Cl)C(F)(F)F)c1cn(-c2ccc(F)cc2F)c2nc(N3CCCC(O)C3=O)ccc2c1=O. The Hall–Kier alpha value is -4.36. The number of nitrogens with one attached hydrogen (secondary N) is 1. The molecular formula is C28H20ClF5N4O4. The number of aromatic nitrogens is 2. The number of carbonyl (C=O) groups excluding carboxylic acids is 2. The summed E-state index contributed by atoms with van der Waals surface area (Å²) < 4.78 is 71.7. The fraction of sp³-hybridized carbons (Fsp3) is 0.214. The summed E-state index contributed by atoms with van der Waals surface area (Å²) in [6.07, 6.45) is -4.82. The summed E-state index contributed by atoms with van der Waals surface area (Å²) in [5, 5.41) is 11.2. The van der Waals surface area contributed by atoms with Crippen LogP contribution < -0.4 is 15.6 Å². The lowest BCUT2D eigenvalue weighted by atomic mass is 10.1. The summed E-state index contributed by atoms with van der Waals surface area (Å²) in [5.74, 6) is -4.17. The number of halogens is 6. The third-order valence-corrected chi connectivity index (χ3v) is 7.10. The van der Waals surface area contributed by atoms with Crippen molar-refractivity contribution in [2.45, 2.75) is 31.2 Å². The number of carbonyl (C=O) groups is 2. The smallest absolute Gasteiger partial charge is 0.383 e. The predicted octanol–water partition coefficient (Wildman–Crippen LogP) is 4.84. The van der Waals surface area contributed by atoms with Crippen molar-refractivity contribution in [2.24, 2.45) is 0 Å². The van der Waals surface area contributed by atoms with E-state index in [0.717, 1.165) is 29.0 Å². The number of anilines is 1. The zero-order valence-corrected chi connectivity index (χ0v) is 22.1. The van der Waals surface area contributed by atoms with Gasteiger partial charge in [0.1, 0.15) is 29.1 Å². The van der Waals surface area contributed by atoms with Crippen LogP contribution in [0.1, 0.15) is 34.8 Å². The highest BCUT2D eigenvalue weighted by atomic mass is 35.5. The normalized spacial score (nSPS) is 16.5. The van der Waals surface area contributed by atoms with Gasteiger partial charge in [-0.3, -0.25) is 23.9 Å². The fourth-order valence-electron chi connectivity index (χ4n) is 4.70. The Bertz CT molecular complexity index is 1780. The second kappa shape index (κ2) is 11.1. The van der Waals surface area contributed by atoms with Gasteiger partial charge in [0.15, 0.2) is 11.7 Å². The van der Waals surface area contributed by atoms with Gasteiger partial charge in [0.2, 0.25) is 5.43 Å². The number of pyridine rings is 2. The van der Waals surface area contributed by atoms with Crippen LogP contribution in [-0.2, 0) is 4.79 Å². The Labute approximate surface area is 239 Å². The molecule has 8 nitrogen and oxygen atoms in total. The molecule has 2 aromatic carbocycles. The van der Waals surface area contributed by atoms with Crippen LogP contribution in [0.15, 0.2) is 65.6 Å². The van der Waals surface area contributed by atoms with Crippen LogP contribution in [0.25, 0.3) is 16.7 Å². The van der Waals surface area contributed by atoms with Gasteiger partial charge in [0.05, 0.1) is 11.1 Å². The largest absolute Gasteiger partial charge is 0.412 e. The first-order valence-electron chi connectivity index (χ1n) is 12.5. The number of benzene rings is 2. The van der Waals surface area contributed by atoms with Gasteiger partial charge in [0, 0.05) is 29.4 Å². The molecule has 2 amide bonds. The summed E-state index contributed by atoms with van der Waals surface area (Å²) in [4.78, 5) is 44.7. The molecule has 0 aliphatic carbocycles. The molecule has 0 spiro atoms. The molecule has 0 saturated carbocycles. The van der Waals surface area contributed by atoms with Gasteiger partial charge in [0.25, 0.3) is 11.8 Å². The number of piperidine rings is 1. The summed E-state index contributed by atoms with van der Waals surface area (Å²) >= 11 is 5.96. The van der Waals surface area contributed by atoms with E-state index in [9.17, 15) is 41.4 Å². The van der Waals surface area contributed by atoms with Gasteiger partial charge < -0.3 is 10.4 Å². The van der Waals surface area contributed by atoms with Gasteiger partial charge in [-0.05, 0) is 43.2 Å². The second-order valence-corrected chi connectivity index (χ2v) is 9.90. The van der Waals surface area contributed by atoms with E-state index in [0.29, 0.717) is 12.5 Å². The van der Waals surface area contributed by atoms with Gasteiger partial charge in [-0.2, -0.15) is 13.2 Å². The standard InChI is InChI=1S/C28H20ClF5N4O4/c29-18-5-2-1-4-15(18)24(28(32,33)34)36-26(41)17-13-38(20-9-7-14(30)12-19(20)31)25-16(23(17)40)8-10-22(35-25)37-11-3-6-21(39)27(37)42/h1-2,4-5,7-10,12-13,21,24,39H,3,6,11H2,(H,36,41). The van der Waals surface area contributed by atoms with E-state index < -0.39 is 58.3 Å². The van der Waals surface area contributed by atoms with Crippen LogP contribution in [0.2, 0.25) is 5.02 Å². The van der Waals surface area contributed by atoms with Crippen LogP contribution in [-0.4, -0.2) is 45.3 Å². The van der Waals surface area contributed by atoms with Crippen molar-refractivity contribution < 1.29 is 36.6 Å². The molecule has 218 valence electrons. The molecule has 5 rings (SSSR count). The Kier molecular flexibility index (Phi) is 7.73. The van der Waals surface area contributed by atoms with Crippen molar-refractivity contribution >= 4 is 40.3 Å². The van der Waals surface area contributed by atoms with E-state index >= 15 is 0 Å². The quantitative estimate of drug-likeness (QED) is 0.317. The molecule has 1 aliphatic heterocycles. The highest BCUT2D eigenvalue weighted by molar-refractivity contribution is 6.31. The van der Waals surface area contributed by atoms with E-state index in [1.54, 1.807) is 5.32 Å². The molecule has 1 saturated heterocycles. The van der Waals surface area contributed by atoms with Crippen molar-refractivity contribution in [3.8, 4) is 5.69 Å². The highest BCUT2D eigenvalue weighted by Gasteiger charge is 2.43. The van der Waals surface area contributed by atoms with Crippen LogP contribution in [0.5, 0.6) is 0 Å². The van der Waals surface area contributed by atoms with E-state index in [4.69, 9.17) is 11.6 Å². The van der Waals surface area contributed by atoms with Crippen molar-refractivity contribution in [1.82, 2.24) is 14.9 Å². The maximum absolute atomic E-state index is 15.0. The van der Waals surface area contributed by atoms with Crippen molar-refractivity contribution in [3.63, 3.8) is 0 Å². The topological polar surface area (TPSA) is 105 Å². The van der Waals surface area contributed by atoms with Crippen LogP contribution in [0.3, 0.4) is 0 Å². The number of amides is 2. The van der Waals surface area contributed by atoms with Crippen LogP contribution in [0, 0.1) is 11.6 Å². The number of alkyl halides is 3. The molecule has 1 fully saturated rings. The summed E-state index contributed by atoms with van der Waals surface area (Å²) in [7, 11) is 0. The molecular weight excluding hydrogens is 587 g/mol. The molecule has 0 bridgehead atoms. The zero-order valence-electron chi connectivity index (χ0n) is 21.3. The van der Waals surface area contributed by atoms with Gasteiger partial charge in [-0.1, -0.05) is 29.8 Å². The van der Waals surface area contributed by atoms with E-state index in [2.05, 4.69) is 4.98 Å². The zero-order chi connectivity index (χ0) is 30.3. The maximum atomic E-state index is 15.0. The molecule has 2 atom stereocenters. The summed E-state index contributed by atoms with van der Waals surface area (Å²) in [6, 6.07) is 7.23. The number of hydrogen-bond donors (Lipinski definition) is 2. The van der Waals surface area contributed by atoms with E-state index in [1.165, 1.54) is 35.2 Å². The number of aliphatic hydroxyl groups excluding tert-OH is 1. The molecule has 2 unspecified atom stereocenters. The van der Waals surface area contributed by atoms with Crippen LogP contribution in [0.4, 0.5) is 27.8 Å². The molecule has 42 heavy (non-hydrogen) atoms. The average Bonchev–Trinajstić information content (AvgIpc) is 2.93. The molecule has 3 heterocycles. The number of rotatable bonds is 5. The molecule has 1 aliphatic rings.